The first kappa shape index (κ1) is 31.7. The second kappa shape index (κ2) is 12.7. The van der Waals surface area contributed by atoms with Gasteiger partial charge in [-0.3, -0.25) is 14.2 Å². The summed E-state index contributed by atoms with van der Waals surface area (Å²) in [6, 6.07) is 14.8. The third-order valence-corrected chi connectivity index (χ3v) is 12.1. The number of hydrogen-bond acceptors (Lipinski definition) is 7. The number of fused-ring (bicyclic) bond motifs is 4. The third-order valence-electron chi connectivity index (χ3n) is 9.87. The summed E-state index contributed by atoms with van der Waals surface area (Å²) in [5, 5.41) is 9.87. The van der Waals surface area contributed by atoms with Crippen LogP contribution >= 0.6 is 23.4 Å². The first-order chi connectivity index (χ1) is 19.9. The number of Topliss-reactive ketones (excluding diaryl/α,β-unsaturated/α-hetero) is 1. The minimum absolute atomic E-state index is 0.0152. The van der Waals surface area contributed by atoms with E-state index in [2.05, 4.69) is 52.3 Å². The van der Waals surface area contributed by atoms with Gasteiger partial charge in [-0.05, 0) is 71.6 Å². The van der Waals surface area contributed by atoms with E-state index in [1.54, 1.807) is 0 Å². The maximum Gasteiger partial charge on any atom is 0.265 e. The molecule has 0 amide bonds. The van der Waals surface area contributed by atoms with Crippen molar-refractivity contribution >= 4 is 44.8 Å². The van der Waals surface area contributed by atoms with Gasteiger partial charge in [0.1, 0.15) is 5.78 Å². The number of carbonyl (C=O) groups excluding carboxylic acids is 1. The molecule has 0 unspecified atom stereocenters. The molecule has 228 valence electrons. The Bertz CT molecular complexity index is 1450. The highest BCUT2D eigenvalue weighted by Gasteiger charge is 2.65. The Kier molecular flexibility index (Phi) is 9.60. The largest absolute Gasteiger partial charge is 0.395 e. The lowest BCUT2D eigenvalue weighted by Crippen LogP contribution is -2.47. The molecule has 2 atom stereocenters. The maximum atomic E-state index is 11.9. The summed E-state index contributed by atoms with van der Waals surface area (Å²) in [4.78, 5) is 19.3. The molecule has 2 aromatic carbocycles. The molecule has 2 aromatic rings. The van der Waals surface area contributed by atoms with Crippen molar-refractivity contribution in [1.82, 2.24) is 9.80 Å². The number of halogens is 1. The van der Waals surface area contributed by atoms with Gasteiger partial charge >= 0.3 is 0 Å². The lowest BCUT2D eigenvalue weighted by Gasteiger charge is -2.35. The van der Waals surface area contributed by atoms with Gasteiger partial charge in [0.25, 0.3) is 10.1 Å². The lowest BCUT2D eigenvalue weighted by molar-refractivity contribution is -0.128. The van der Waals surface area contributed by atoms with Crippen molar-refractivity contribution in [3.05, 3.63) is 64.7 Å². The summed E-state index contributed by atoms with van der Waals surface area (Å²) in [7, 11) is -4.08. The predicted molar refractivity (Wildman–Crippen MR) is 169 cm³/mol. The van der Waals surface area contributed by atoms with Gasteiger partial charge in [0, 0.05) is 60.5 Å². The van der Waals surface area contributed by atoms with Crippen molar-refractivity contribution in [1.29, 1.82) is 0 Å². The Morgan fingerprint density at radius 1 is 1.02 bits per heavy atom. The summed E-state index contributed by atoms with van der Waals surface area (Å²) < 4.78 is 31.0. The van der Waals surface area contributed by atoms with Crippen LogP contribution in [0.2, 0.25) is 5.02 Å². The highest BCUT2D eigenvalue weighted by atomic mass is 35.5. The van der Waals surface area contributed by atoms with Crippen LogP contribution in [-0.2, 0) is 14.9 Å². The number of nitrogens with zero attached hydrogens (tertiary/aromatic N) is 2. The molecule has 2 saturated carbocycles. The van der Waals surface area contributed by atoms with Crippen LogP contribution in [-0.4, -0.2) is 85.3 Å². The van der Waals surface area contributed by atoms with Crippen molar-refractivity contribution in [2.45, 2.75) is 49.3 Å². The molecular weight excluding hydrogens is 592 g/mol. The molecule has 1 saturated heterocycles. The summed E-state index contributed by atoms with van der Waals surface area (Å²) in [5.41, 5.74) is 2.75. The first-order valence-corrected chi connectivity index (χ1v) is 17.6. The number of hydrogen-bond donors (Lipinski definition) is 2. The van der Waals surface area contributed by atoms with Crippen LogP contribution in [0.4, 0.5) is 0 Å². The van der Waals surface area contributed by atoms with Crippen LogP contribution in [0.25, 0.3) is 5.57 Å². The van der Waals surface area contributed by atoms with Crippen LogP contribution < -0.4 is 0 Å². The highest BCUT2D eigenvalue weighted by molar-refractivity contribution is 7.99. The number of aliphatic hydroxyl groups excluding tert-OH is 1. The molecule has 42 heavy (non-hydrogen) atoms. The van der Waals surface area contributed by atoms with E-state index < -0.39 is 21.3 Å². The van der Waals surface area contributed by atoms with Crippen LogP contribution in [0.15, 0.2) is 58.3 Å². The van der Waals surface area contributed by atoms with E-state index in [4.69, 9.17) is 21.3 Å². The van der Waals surface area contributed by atoms with Crippen LogP contribution in [0, 0.1) is 16.7 Å². The number of carbonyl (C=O) groups is 1. The number of β-amino-alcohol motifs (C(OH)–C–C–N with tert-alkyl or cyclic N) is 1. The van der Waals surface area contributed by atoms with Gasteiger partial charge in [-0.15, -0.1) is 0 Å². The van der Waals surface area contributed by atoms with Gasteiger partial charge < -0.3 is 10.0 Å². The maximum absolute atomic E-state index is 11.9. The quantitative estimate of drug-likeness (QED) is 0.329. The minimum atomic E-state index is -4.08. The summed E-state index contributed by atoms with van der Waals surface area (Å²) in [5.74, 6) is -0.101. The van der Waals surface area contributed by atoms with Crippen molar-refractivity contribution in [3.63, 3.8) is 0 Å². The van der Waals surface area contributed by atoms with Gasteiger partial charge in [-0.25, -0.2) is 0 Å². The van der Waals surface area contributed by atoms with E-state index in [-0.39, 0.29) is 23.7 Å². The van der Waals surface area contributed by atoms with E-state index in [9.17, 15) is 13.2 Å². The van der Waals surface area contributed by atoms with Crippen molar-refractivity contribution < 1.29 is 22.9 Å². The average molecular weight is 633 g/mol. The van der Waals surface area contributed by atoms with Crippen LogP contribution in [0.3, 0.4) is 0 Å². The summed E-state index contributed by atoms with van der Waals surface area (Å²) in [6.07, 6.45) is 5.38. The Labute approximate surface area is 259 Å². The number of ketones is 1. The molecule has 0 spiro atoms. The first-order valence-electron chi connectivity index (χ1n) is 14.7. The molecule has 10 heteroatoms. The van der Waals surface area contributed by atoms with Crippen LogP contribution in [0.1, 0.15) is 50.7 Å². The Morgan fingerprint density at radius 2 is 1.69 bits per heavy atom. The fraction of sp³-hybridized carbons (Fsp3) is 0.531. The van der Waals surface area contributed by atoms with Gasteiger partial charge in [0.2, 0.25) is 0 Å². The van der Waals surface area contributed by atoms with E-state index in [1.807, 2.05) is 31.7 Å². The molecule has 2 bridgehead atoms. The zero-order valence-electron chi connectivity index (χ0n) is 24.4. The molecular formula is C32H41ClN2O5S2. The zero-order valence-corrected chi connectivity index (χ0v) is 26.8. The number of aliphatic hydroxyl groups is 1. The normalized spacial score (nSPS) is 26.1. The third kappa shape index (κ3) is 6.53. The Hall–Kier alpha value is -1.72. The molecule has 4 aliphatic rings. The van der Waals surface area contributed by atoms with Crippen LogP contribution in [0.5, 0.6) is 0 Å². The molecule has 2 aliphatic carbocycles. The van der Waals surface area contributed by atoms with E-state index in [1.165, 1.54) is 26.5 Å². The van der Waals surface area contributed by atoms with Gasteiger partial charge in [-0.2, -0.15) is 8.42 Å². The Morgan fingerprint density at radius 3 is 2.31 bits per heavy atom. The van der Waals surface area contributed by atoms with Crippen molar-refractivity contribution in [2.24, 2.45) is 16.7 Å². The van der Waals surface area contributed by atoms with E-state index >= 15 is 0 Å². The molecule has 2 heterocycles. The summed E-state index contributed by atoms with van der Waals surface area (Å²) in [6.45, 7) is 10.3. The van der Waals surface area contributed by atoms with E-state index in [0.717, 1.165) is 57.1 Å². The Balaban J connectivity index is 0.000000199. The molecule has 2 N–H and O–H groups in total. The van der Waals surface area contributed by atoms with E-state index in [0.29, 0.717) is 12.8 Å². The number of benzene rings is 2. The summed E-state index contributed by atoms with van der Waals surface area (Å²) >= 11 is 8.12. The van der Waals surface area contributed by atoms with Gasteiger partial charge in [0.15, 0.2) is 0 Å². The smallest absolute Gasteiger partial charge is 0.265 e. The topological polar surface area (TPSA) is 98.1 Å². The number of piperazine rings is 1. The standard InChI is InChI=1S/C22H25ClN2OS.C10H16O4S/c23-17-7-8-22-20(16-17)18(19-4-1-2-6-21(19)27-22)5-3-9-24-10-12-25(13-11-24)14-15-26;1-9(2)7-3-4-10(9,8(11)5-7)6-15(12,13)14/h1-2,4-8,16,26H,3,9-15H2;7H,3-6H2,1-2H3,(H,12,13,14)/t;7-,10-/m.0/s1. The SMILES string of the molecule is CC1(C)[C@H]2CC[C@]1(CS(=O)(=O)O)C(=O)C2.OCCN1CCN(CCC=C2c3ccccc3Sc3ccc(Cl)cc32)CC1. The molecule has 2 aliphatic heterocycles. The molecule has 0 aromatic heterocycles. The fourth-order valence-corrected chi connectivity index (χ4v) is 9.81. The monoisotopic (exact) mass is 632 g/mol. The zero-order chi connectivity index (χ0) is 30.1. The molecule has 7 nitrogen and oxygen atoms in total. The molecule has 6 rings (SSSR count). The second-order valence-corrected chi connectivity index (χ2v) is 15.4. The second-order valence-electron chi connectivity index (χ2n) is 12.4. The molecule has 0 radical (unpaired) electrons. The number of rotatable bonds is 7. The van der Waals surface area contributed by atoms with Gasteiger partial charge in [0.05, 0.1) is 17.8 Å². The fourth-order valence-electron chi connectivity index (χ4n) is 7.25. The average Bonchev–Trinajstić information content (AvgIpc) is 3.28. The highest BCUT2D eigenvalue weighted by Crippen LogP contribution is 2.64. The van der Waals surface area contributed by atoms with Crippen molar-refractivity contribution in [2.75, 3.05) is 51.6 Å². The predicted octanol–water partition coefficient (Wildman–Crippen LogP) is 5.51. The van der Waals surface area contributed by atoms with Gasteiger partial charge in [-0.1, -0.05) is 61.5 Å². The molecule has 3 fully saturated rings. The lowest BCUT2D eigenvalue weighted by atomic mass is 9.70. The minimum Gasteiger partial charge on any atom is -0.395 e. The van der Waals surface area contributed by atoms with Crippen molar-refractivity contribution in [3.8, 4) is 0 Å².